The molecule has 0 saturated heterocycles. The van der Waals surface area contributed by atoms with Crippen molar-refractivity contribution in [2.75, 3.05) is 10.6 Å². The minimum absolute atomic E-state index is 0.0146. The maximum Gasteiger partial charge on any atom is 0.246 e. The van der Waals surface area contributed by atoms with Gasteiger partial charge in [0.05, 0.1) is 0 Å². The van der Waals surface area contributed by atoms with E-state index in [0.717, 1.165) is 17.8 Å². The Bertz CT molecular complexity index is 549. The number of carbonyl (C=O) groups is 1. The second kappa shape index (κ2) is 6.75. The van der Waals surface area contributed by atoms with Crippen LogP contribution in [0.3, 0.4) is 0 Å². The van der Waals surface area contributed by atoms with Crippen molar-refractivity contribution in [2.45, 2.75) is 26.3 Å². The van der Waals surface area contributed by atoms with Crippen molar-refractivity contribution in [3.05, 3.63) is 60.2 Å². The number of para-hydroxylation sites is 1. The Morgan fingerprint density at radius 1 is 1.00 bits per heavy atom. The molecule has 2 aromatic rings. The van der Waals surface area contributed by atoms with Crippen molar-refractivity contribution < 1.29 is 4.79 Å². The Labute approximate surface area is 120 Å². The quantitative estimate of drug-likeness (QED) is 0.865. The van der Waals surface area contributed by atoms with Gasteiger partial charge in [-0.05, 0) is 37.6 Å². The number of aryl methyl sites for hydroxylation is 1. The van der Waals surface area contributed by atoms with Gasteiger partial charge in [-0.3, -0.25) is 4.79 Å². The molecule has 1 unspecified atom stereocenters. The average molecular weight is 268 g/mol. The Balaban J connectivity index is 2.00. The summed E-state index contributed by atoms with van der Waals surface area (Å²) in [7, 11) is 0. The molecular formula is C17H20N2O. The molecule has 0 bridgehead atoms. The van der Waals surface area contributed by atoms with Gasteiger partial charge in [0.2, 0.25) is 5.91 Å². The van der Waals surface area contributed by atoms with Crippen molar-refractivity contribution in [3.63, 3.8) is 0 Å². The van der Waals surface area contributed by atoms with Gasteiger partial charge in [0.25, 0.3) is 0 Å². The highest BCUT2D eigenvalue weighted by Crippen LogP contribution is 2.13. The number of nitrogens with one attached hydrogen (secondary N) is 2. The summed E-state index contributed by atoms with van der Waals surface area (Å²) in [6.07, 6.45) is 0.729. The maximum atomic E-state index is 12.2. The molecule has 0 aliphatic heterocycles. The summed E-state index contributed by atoms with van der Waals surface area (Å²) in [6, 6.07) is 17.3. The number of carbonyl (C=O) groups excluding carboxylic acids is 1. The lowest BCUT2D eigenvalue weighted by molar-refractivity contribution is -0.116. The predicted octanol–water partition coefficient (Wildman–Crippen LogP) is 3.82. The first-order valence-electron chi connectivity index (χ1n) is 6.88. The number of amides is 1. The van der Waals surface area contributed by atoms with Gasteiger partial charge < -0.3 is 10.6 Å². The van der Waals surface area contributed by atoms with E-state index >= 15 is 0 Å². The first kappa shape index (κ1) is 14.1. The third-order valence-electron chi connectivity index (χ3n) is 3.16. The molecule has 0 radical (unpaired) electrons. The zero-order valence-corrected chi connectivity index (χ0v) is 11.9. The van der Waals surface area contributed by atoms with Crippen molar-refractivity contribution in [1.82, 2.24) is 0 Å². The Morgan fingerprint density at radius 2 is 1.65 bits per heavy atom. The Morgan fingerprint density at radius 3 is 2.25 bits per heavy atom. The summed E-state index contributed by atoms with van der Waals surface area (Å²) in [5.41, 5.74) is 2.99. The van der Waals surface area contributed by atoms with Crippen LogP contribution in [0.1, 0.15) is 18.9 Å². The molecule has 0 aromatic heterocycles. The summed E-state index contributed by atoms with van der Waals surface area (Å²) >= 11 is 0. The minimum atomic E-state index is -0.238. The molecule has 0 saturated carbocycles. The molecule has 2 rings (SSSR count). The summed E-state index contributed by atoms with van der Waals surface area (Å²) in [5.74, 6) is -0.0146. The molecule has 0 fully saturated rings. The lowest BCUT2D eigenvalue weighted by Crippen LogP contribution is -2.34. The van der Waals surface area contributed by atoms with E-state index in [0.29, 0.717) is 0 Å². The van der Waals surface area contributed by atoms with E-state index in [4.69, 9.17) is 0 Å². The summed E-state index contributed by atoms with van der Waals surface area (Å²) in [4.78, 5) is 12.2. The van der Waals surface area contributed by atoms with Gasteiger partial charge in [-0.2, -0.15) is 0 Å². The van der Waals surface area contributed by atoms with E-state index in [1.54, 1.807) is 0 Å². The van der Waals surface area contributed by atoms with Crippen LogP contribution in [0.5, 0.6) is 0 Å². The summed E-state index contributed by atoms with van der Waals surface area (Å²) in [6.45, 7) is 4.04. The van der Waals surface area contributed by atoms with Gasteiger partial charge >= 0.3 is 0 Å². The van der Waals surface area contributed by atoms with Gasteiger partial charge in [0.15, 0.2) is 0 Å². The average Bonchev–Trinajstić information content (AvgIpc) is 2.47. The maximum absolute atomic E-state index is 12.2. The second-order valence-electron chi connectivity index (χ2n) is 4.83. The molecule has 2 N–H and O–H groups in total. The van der Waals surface area contributed by atoms with Crippen molar-refractivity contribution in [3.8, 4) is 0 Å². The van der Waals surface area contributed by atoms with Crippen LogP contribution >= 0.6 is 0 Å². The highest BCUT2D eigenvalue weighted by molar-refractivity contribution is 5.96. The minimum Gasteiger partial charge on any atom is -0.374 e. The molecule has 3 heteroatoms. The second-order valence-corrected chi connectivity index (χ2v) is 4.83. The zero-order valence-electron chi connectivity index (χ0n) is 11.9. The molecular weight excluding hydrogens is 248 g/mol. The SMILES string of the molecule is CCC(Nc1ccc(C)cc1)C(=O)Nc1ccccc1. The zero-order chi connectivity index (χ0) is 14.4. The van der Waals surface area contributed by atoms with Crippen LogP contribution in [0.15, 0.2) is 54.6 Å². The van der Waals surface area contributed by atoms with Crippen LogP contribution in [-0.4, -0.2) is 11.9 Å². The Hall–Kier alpha value is -2.29. The number of anilines is 2. The fraction of sp³-hybridized carbons (Fsp3) is 0.235. The van der Waals surface area contributed by atoms with Gasteiger partial charge in [-0.25, -0.2) is 0 Å². The third-order valence-corrected chi connectivity index (χ3v) is 3.16. The van der Waals surface area contributed by atoms with Crippen molar-refractivity contribution in [2.24, 2.45) is 0 Å². The molecule has 0 heterocycles. The molecule has 1 atom stereocenters. The van der Waals surface area contributed by atoms with Gasteiger partial charge in [0.1, 0.15) is 6.04 Å². The number of hydrogen-bond acceptors (Lipinski definition) is 2. The van der Waals surface area contributed by atoms with Gasteiger partial charge in [0, 0.05) is 11.4 Å². The van der Waals surface area contributed by atoms with Crippen molar-refractivity contribution >= 4 is 17.3 Å². The van der Waals surface area contributed by atoms with Crippen LogP contribution in [0.2, 0.25) is 0 Å². The molecule has 0 spiro atoms. The highest BCUT2D eigenvalue weighted by atomic mass is 16.2. The fourth-order valence-electron chi connectivity index (χ4n) is 1.95. The van der Waals surface area contributed by atoms with E-state index in [2.05, 4.69) is 10.6 Å². The molecule has 104 valence electrons. The molecule has 0 aliphatic carbocycles. The fourth-order valence-corrected chi connectivity index (χ4v) is 1.95. The third kappa shape index (κ3) is 3.85. The van der Waals surface area contributed by atoms with Gasteiger partial charge in [-0.15, -0.1) is 0 Å². The summed E-state index contributed by atoms with van der Waals surface area (Å²) < 4.78 is 0. The molecule has 3 nitrogen and oxygen atoms in total. The molecule has 0 aliphatic rings. The van der Waals surface area contributed by atoms with E-state index in [1.165, 1.54) is 5.56 Å². The van der Waals surface area contributed by atoms with Gasteiger partial charge in [-0.1, -0.05) is 42.8 Å². The number of hydrogen-bond donors (Lipinski definition) is 2. The monoisotopic (exact) mass is 268 g/mol. The number of benzene rings is 2. The molecule has 1 amide bonds. The van der Waals surface area contributed by atoms with E-state index in [-0.39, 0.29) is 11.9 Å². The van der Waals surface area contributed by atoms with Crippen LogP contribution < -0.4 is 10.6 Å². The predicted molar refractivity (Wildman–Crippen MR) is 84.0 cm³/mol. The first-order valence-corrected chi connectivity index (χ1v) is 6.88. The standard InChI is InChI=1S/C17H20N2O/c1-3-16(18-15-11-9-13(2)10-12-15)17(20)19-14-7-5-4-6-8-14/h4-12,16,18H,3H2,1-2H3,(H,19,20). The normalized spacial score (nSPS) is 11.7. The lowest BCUT2D eigenvalue weighted by Gasteiger charge is -2.18. The van der Waals surface area contributed by atoms with E-state index in [1.807, 2.05) is 68.4 Å². The topological polar surface area (TPSA) is 41.1 Å². The largest absolute Gasteiger partial charge is 0.374 e. The first-order chi connectivity index (χ1) is 9.69. The molecule has 20 heavy (non-hydrogen) atoms. The van der Waals surface area contributed by atoms with E-state index in [9.17, 15) is 4.79 Å². The highest BCUT2D eigenvalue weighted by Gasteiger charge is 2.16. The smallest absolute Gasteiger partial charge is 0.246 e. The lowest BCUT2D eigenvalue weighted by atomic mass is 10.1. The van der Waals surface area contributed by atoms with Crippen LogP contribution in [0.4, 0.5) is 11.4 Å². The van der Waals surface area contributed by atoms with Crippen LogP contribution in [0, 0.1) is 6.92 Å². The van der Waals surface area contributed by atoms with Crippen LogP contribution in [0.25, 0.3) is 0 Å². The van der Waals surface area contributed by atoms with E-state index < -0.39 is 0 Å². The van der Waals surface area contributed by atoms with Crippen molar-refractivity contribution in [1.29, 1.82) is 0 Å². The Kier molecular flexibility index (Phi) is 4.77. The summed E-state index contributed by atoms with van der Waals surface area (Å²) in [5, 5.41) is 6.19. The number of rotatable bonds is 5. The molecule has 2 aromatic carbocycles. The van der Waals surface area contributed by atoms with Crippen LogP contribution in [-0.2, 0) is 4.79 Å².